The molecule has 0 radical (unpaired) electrons. The SMILES string of the molecule is CCCCn1c(-c2ccccc2)nc(-c2ccc(OC)cc2)c1CC(C)NCc1ccc(C(N)=O)c(O)c1. The fourth-order valence-electron chi connectivity index (χ4n) is 4.59. The summed E-state index contributed by atoms with van der Waals surface area (Å²) in [6, 6.07) is 23.5. The average molecular weight is 513 g/mol. The number of rotatable bonds is 12. The van der Waals surface area contributed by atoms with Crippen molar-refractivity contribution in [3.63, 3.8) is 0 Å². The number of aromatic hydroxyl groups is 1. The van der Waals surface area contributed by atoms with Crippen LogP contribution in [0.2, 0.25) is 0 Å². The molecular formula is C31H36N4O3. The highest BCUT2D eigenvalue weighted by atomic mass is 16.5. The van der Waals surface area contributed by atoms with Gasteiger partial charge in [-0.3, -0.25) is 4.79 Å². The van der Waals surface area contributed by atoms with E-state index >= 15 is 0 Å². The first kappa shape index (κ1) is 26.9. The minimum absolute atomic E-state index is 0.101. The lowest BCUT2D eigenvalue weighted by atomic mass is 10.0. The van der Waals surface area contributed by atoms with Crippen LogP contribution in [0.15, 0.2) is 72.8 Å². The van der Waals surface area contributed by atoms with E-state index in [1.54, 1.807) is 25.3 Å². The molecule has 0 saturated heterocycles. The molecule has 3 aromatic carbocycles. The van der Waals surface area contributed by atoms with Gasteiger partial charge in [-0.15, -0.1) is 0 Å². The molecule has 0 spiro atoms. The molecule has 0 aliphatic carbocycles. The highest BCUT2D eigenvalue weighted by molar-refractivity contribution is 5.95. The van der Waals surface area contributed by atoms with Gasteiger partial charge in [0.25, 0.3) is 5.91 Å². The Kier molecular flexibility index (Phi) is 8.81. The Hall–Kier alpha value is -4.10. The molecule has 4 aromatic rings. The van der Waals surface area contributed by atoms with Gasteiger partial charge < -0.3 is 25.5 Å². The third-order valence-corrected chi connectivity index (χ3v) is 6.69. The van der Waals surface area contributed by atoms with Crippen molar-refractivity contribution in [2.24, 2.45) is 5.73 Å². The maximum absolute atomic E-state index is 11.4. The number of phenols is 1. The number of aromatic nitrogens is 2. The Labute approximate surface area is 224 Å². The molecule has 1 aromatic heterocycles. The zero-order valence-corrected chi connectivity index (χ0v) is 22.3. The summed E-state index contributed by atoms with van der Waals surface area (Å²) < 4.78 is 7.74. The van der Waals surface area contributed by atoms with Crippen molar-refractivity contribution < 1.29 is 14.6 Å². The molecule has 1 unspecified atom stereocenters. The second-order valence-electron chi connectivity index (χ2n) is 9.53. The fraction of sp³-hybridized carbons (Fsp3) is 0.290. The number of nitrogens with one attached hydrogen (secondary N) is 1. The van der Waals surface area contributed by atoms with Gasteiger partial charge in [0.05, 0.1) is 18.4 Å². The lowest BCUT2D eigenvalue weighted by Gasteiger charge is -2.18. The van der Waals surface area contributed by atoms with Crippen LogP contribution in [0.3, 0.4) is 0 Å². The van der Waals surface area contributed by atoms with Crippen LogP contribution >= 0.6 is 0 Å². The van der Waals surface area contributed by atoms with Crippen LogP contribution in [-0.2, 0) is 19.5 Å². The summed E-state index contributed by atoms with van der Waals surface area (Å²) >= 11 is 0. The van der Waals surface area contributed by atoms with Crippen LogP contribution in [0.5, 0.6) is 11.5 Å². The normalized spacial score (nSPS) is 11.9. The van der Waals surface area contributed by atoms with Crippen molar-refractivity contribution in [1.82, 2.24) is 14.9 Å². The zero-order valence-electron chi connectivity index (χ0n) is 22.3. The molecule has 4 N–H and O–H groups in total. The molecule has 38 heavy (non-hydrogen) atoms. The molecule has 198 valence electrons. The number of amides is 1. The van der Waals surface area contributed by atoms with E-state index in [-0.39, 0.29) is 17.4 Å². The highest BCUT2D eigenvalue weighted by Crippen LogP contribution is 2.32. The van der Waals surface area contributed by atoms with Crippen LogP contribution in [0.1, 0.15) is 48.3 Å². The predicted octanol–water partition coefficient (Wildman–Crippen LogP) is 5.55. The number of nitrogens with two attached hydrogens (primary N) is 1. The summed E-state index contributed by atoms with van der Waals surface area (Å²) in [4.78, 5) is 16.6. The first-order valence-electron chi connectivity index (χ1n) is 13.1. The number of primary amides is 1. The molecule has 0 aliphatic heterocycles. The number of imidazole rings is 1. The van der Waals surface area contributed by atoms with E-state index < -0.39 is 5.91 Å². The first-order chi connectivity index (χ1) is 18.4. The second kappa shape index (κ2) is 12.4. The molecule has 1 atom stereocenters. The summed E-state index contributed by atoms with van der Waals surface area (Å²) in [5, 5.41) is 13.7. The van der Waals surface area contributed by atoms with Gasteiger partial charge in [-0.05, 0) is 55.3 Å². The number of unbranched alkanes of at least 4 members (excludes halogenated alkanes) is 1. The van der Waals surface area contributed by atoms with Crippen molar-refractivity contribution >= 4 is 5.91 Å². The van der Waals surface area contributed by atoms with Crippen molar-refractivity contribution in [2.45, 2.75) is 52.2 Å². The summed E-state index contributed by atoms with van der Waals surface area (Å²) in [6.45, 7) is 5.77. The van der Waals surface area contributed by atoms with Crippen molar-refractivity contribution in [1.29, 1.82) is 0 Å². The lowest BCUT2D eigenvalue weighted by molar-refractivity contribution is 0.0997. The minimum Gasteiger partial charge on any atom is -0.507 e. The molecule has 0 aliphatic rings. The Morgan fingerprint density at radius 3 is 2.45 bits per heavy atom. The maximum atomic E-state index is 11.4. The van der Waals surface area contributed by atoms with E-state index in [1.807, 2.05) is 30.3 Å². The fourth-order valence-corrected chi connectivity index (χ4v) is 4.59. The Bertz CT molecular complexity index is 1360. The lowest BCUT2D eigenvalue weighted by Crippen LogP contribution is -2.29. The average Bonchev–Trinajstić information content (AvgIpc) is 3.28. The summed E-state index contributed by atoms with van der Waals surface area (Å²) in [7, 11) is 1.67. The van der Waals surface area contributed by atoms with Crippen LogP contribution in [0.4, 0.5) is 0 Å². The standard InChI is InChI=1S/C31H36N4O3/c1-4-5-17-35-27(18-21(2)33-20-22-11-16-26(30(32)37)28(36)19-22)29(23-12-14-25(38-3)15-13-23)34-31(35)24-9-7-6-8-10-24/h6-16,19,21,33,36H,4-5,17-18,20H2,1-3H3,(H2,32,37). The summed E-state index contributed by atoms with van der Waals surface area (Å²) in [5.74, 6) is 1.04. The van der Waals surface area contributed by atoms with Gasteiger partial charge in [-0.2, -0.15) is 0 Å². The number of hydrogen-bond acceptors (Lipinski definition) is 5. The molecular weight excluding hydrogens is 476 g/mol. The van der Waals surface area contributed by atoms with Crippen molar-refractivity contribution in [3.8, 4) is 34.1 Å². The smallest absolute Gasteiger partial charge is 0.252 e. The van der Waals surface area contributed by atoms with Gasteiger partial charge >= 0.3 is 0 Å². The third kappa shape index (κ3) is 6.23. The van der Waals surface area contributed by atoms with Crippen LogP contribution < -0.4 is 15.8 Å². The number of nitrogens with zero attached hydrogens (tertiary/aromatic N) is 2. The van der Waals surface area contributed by atoms with E-state index in [4.69, 9.17) is 15.5 Å². The number of carbonyl (C=O) groups excluding carboxylic acids is 1. The van der Waals surface area contributed by atoms with Gasteiger partial charge in [0.1, 0.15) is 17.3 Å². The number of methoxy groups -OCH3 is 1. The summed E-state index contributed by atoms with van der Waals surface area (Å²) in [5.41, 5.74) is 10.6. The van der Waals surface area contributed by atoms with E-state index in [0.717, 1.165) is 59.8 Å². The molecule has 0 bridgehead atoms. The summed E-state index contributed by atoms with van der Waals surface area (Å²) in [6.07, 6.45) is 2.90. The monoisotopic (exact) mass is 512 g/mol. The Balaban J connectivity index is 1.66. The van der Waals surface area contributed by atoms with E-state index in [1.165, 1.54) is 5.69 Å². The predicted molar refractivity (Wildman–Crippen MR) is 151 cm³/mol. The van der Waals surface area contributed by atoms with Gasteiger partial charge in [0.15, 0.2) is 0 Å². The second-order valence-corrected chi connectivity index (χ2v) is 9.53. The van der Waals surface area contributed by atoms with E-state index in [2.05, 4.69) is 48.0 Å². The van der Waals surface area contributed by atoms with E-state index in [0.29, 0.717) is 6.54 Å². The van der Waals surface area contributed by atoms with E-state index in [9.17, 15) is 9.90 Å². The number of ether oxygens (including phenoxy) is 1. The topological polar surface area (TPSA) is 102 Å². The molecule has 0 fully saturated rings. The molecule has 1 heterocycles. The Morgan fingerprint density at radius 1 is 1.08 bits per heavy atom. The van der Waals surface area contributed by atoms with Crippen molar-refractivity contribution in [2.75, 3.05) is 7.11 Å². The van der Waals surface area contributed by atoms with Crippen LogP contribution in [0, 0.1) is 0 Å². The first-order valence-corrected chi connectivity index (χ1v) is 13.1. The quantitative estimate of drug-likeness (QED) is 0.231. The van der Waals surface area contributed by atoms with Gasteiger partial charge in [0.2, 0.25) is 0 Å². The number of carbonyl (C=O) groups is 1. The van der Waals surface area contributed by atoms with Crippen LogP contribution in [-0.4, -0.2) is 33.7 Å². The Morgan fingerprint density at radius 2 is 1.82 bits per heavy atom. The zero-order chi connectivity index (χ0) is 27.1. The van der Waals surface area contributed by atoms with Gasteiger partial charge in [-0.1, -0.05) is 49.7 Å². The minimum atomic E-state index is -0.643. The highest BCUT2D eigenvalue weighted by Gasteiger charge is 2.21. The van der Waals surface area contributed by atoms with Crippen molar-refractivity contribution in [3.05, 3.63) is 89.6 Å². The molecule has 0 saturated carbocycles. The van der Waals surface area contributed by atoms with Gasteiger partial charge in [-0.25, -0.2) is 4.98 Å². The van der Waals surface area contributed by atoms with Gasteiger partial charge in [0, 0.05) is 42.4 Å². The molecule has 7 heteroatoms. The largest absolute Gasteiger partial charge is 0.507 e. The molecule has 7 nitrogen and oxygen atoms in total. The molecule has 4 rings (SSSR count). The third-order valence-electron chi connectivity index (χ3n) is 6.69. The van der Waals surface area contributed by atoms with Crippen LogP contribution in [0.25, 0.3) is 22.6 Å². The maximum Gasteiger partial charge on any atom is 0.252 e. The number of benzene rings is 3. The molecule has 1 amide bonds. The number of hydrogen-bond donors (Lipinski definition) is 3.